The number of ether oxygens (including phenoxy) is 2. The van der Waals surface area contributed by atoms with Crippen molar-refractivity contribution in [3.8, 4) is 11.5 Å². The van der Waals surface area contributed by atoms with E-state index in [1.54, 1.807) is 18.2 Å². The van der Waals surface area contributed by atoms with Gasteiger partial charge in [-0.25, -0.2) is 0 Å². The van der Waals surface area contributed by atoms with Crippen LogP contribution in [-0.2, 0) is 20.9 Å². The van der Waals surface area contributed by atoms with Crippen LogP contribution in [0.15, 0.2) is 84.9 Å². The predicted octanol–water partition coefficient (Wildman–Crippen LogP) is 4.52. The summed E-state index contributed by atoms with van der Waals surface area (Å²) in [6.07, 6.45) is 1.65. The maximum absolute atomic E-state index is 14.1. The monoisotopic (exact) mass is 582 g/mol. The minimum absolute atomic E-state index is 0.113. The molecule has 3 aliphatic heterocycles. The van der Waals surface area contributed by atoms with E-state index >= 15 is 0 Å². The maximum Gasteiger partial charge on any atom is 0.233 e. The van der Waals surface area contributed by atoms with Crippen LogP contribution in [0.25, 0.3) is 0 Å². The fraction of sp³-hybridized carbons (Fsp3) is 0.429. The first kappa shape index (κ1) is 28.1. The Kier molecular flexibility index (Phi) is 7.45. The number of phenols is 1. The molecule has 3 aromatic rings. The largest absolute Gasteiger partial charge is 0.508 e. The number of likely N-dealkylation sites (tertiary alicyclic amines) is 2. The number of imide groups is 1. The lowest BCUT2D eigenvalue weighted by molar-refractivity contribution is -0.272. The van der Waals surface area contributed by atoms with Gasteiger partial charge in [-0.15, -0.1) is 0 Å². The van der Waals surface area contributed by atoms with E-state index in [1.165, 1.54) is 10.5 Å². The molecule has 0 aromatic heterocycles. The van der Waals surface area contributed by atoms with Gasteiger partial charge in [-0.05, 0) is 61.1 Å². The number of amides is 2. The lowest BCUT2D eigenvalue weighted by Gasteiger charge is -2.44. The third-order valence-corrected chi connectivity index (χ3v) is 10.0. The second-order valence-corrected chi connectivity index (χ2v) is 12.5. The summed E-state index contributed by atoms with van der Waals surface area (Å²) in [5.41, 5.74) is 1.99. The summed E-state index contributed by atoms with van der Waals surface area (Å²) in [5, 5.41) is 22.3. The van der Waals surface area contributed by atoms with Crippen molar-refractivity contribution in [2.24, 2.45) is 23.7 Å². The number of carbonyl (C=O) groups excluding carboxylic acids is 2. The molecule has 0 unspecified atom stereocenters. The van der Waals surface area contributed by atoms with Crippen LogP contribution in [-0.4, -0.2) is 63.4 Å². The van der Waals surface area contributed by atoms with Gasteiger partial charge < -0.3 is 19.7 Å². The summed E-state index contributed by atoms with van der Waals surface area (Å²) >= 11 is 0. The van der Waals surface area contributed by atoms with Gasteiger partial charge in [0.15, 0.2) is 5.79 Å². The maximum atomic E-state index is 14.1. The van der Waals surface area contributed by atoms with Gasteiger partial charge in [0, 0.05) is 37.5 Å². The molecule has 6 atom stereocenters. The summed E-state index contributed by atoms with van der Waals surface area (Å²) < 4.78 is 12.5. The fourth-order valence-electron chi connectivity index (χ4n) is 7.88. The van der Waals surface area contributed by atoms with Gasteiger partial charge in [-0.1, -0.05) is 60.7 Å². The van der Waals surface area contributed by atoms with E-state index in [4.69, 9.17) is 9.47 Å². The molecule has 7 rings (SSSR count). The molecule has 8 nitrogen and oxygen atoms in total. The number of aromatic hydroxyl groups is 1. The standard InChI is InChI=1S/C35H38N2O6/c38-27-11-7-10-24(18-27)31-20-30-32-29(19-25(35(30,41)43-31)22-42-28-12-5-2-6-13-28)33(39)37(34(32)40)26-14-16-36(17-15-26)21-23-8-3-1-4-9-23/h1-13,18,25-26,29-32,38,41H,14-17,19-22H2/t25-,29+,30+,31+,32+,35-/m1/s1. The fourth-order valence-corrected chi connectivity index (χ4v) is 7.88. The van der Waals surface area contributed by atoms with E-state index in [9.17, 15) is 19.8 Å². The van der Waals surface area contributed by atoms with E-state index < -0.39 is 35.6 Å². The van der Waals surface area contributed by atoms with Crippen molar-refractivity contribution in [1.29, 1.82) is 0 Å². The van der Waals surface area contributed by atoms with Crippen molar-refractivity contribution in [2.75, 3.05) is 19.7 Å². The number of rotatable bonds is 7. The summed E-state index contributed by atoms with van der Waals surface area (Å²) in [6, 6.07) is 26.4. The molecular weight excluding hydrogens is 544 g/mol. The van der Waals surface area contributed by atoms with E-state index in [-0.39, 0.29) is 30.2 Å². The molecule has 1 saturated carbocycles. The lowest BCUT2D eigenvalue weighted by atomic mass is 9.64. The van der Waals surface area contributed by atoms with Crippen LogP contribution < -0.4 is 4.74 Å². The zero-order chi connectivity index (χ0) is 29.6. The van der Waals surface area contributed by atoms with Gasteiger partial charge in [-0.3, -0.25) is 19.4 Å². The SMILES string of the molecule is O=C1[C@H]2[C@H](C[C@H](COc3ccccc3)[C@@]3(O)O[C@H](c4cccc(O)c4)C[C@@H]23)C(=O)N1C1CCN(Cc2ccccc2)CC1. The minimum atomic E-state index is -1.64. The van der Waals surface area contributed by atoms with Gasteiger partial charge in [0.1, 0.15) is 11.5 Å². The van der Waals surface area contributed by atoms with Crippen molar-refractivity contribution in [1.82, 2.24) is 9.80 Å². The Hall–Kier alpha value is -3.72. The zero-order valence-electron chi connectivity index (χ0n) is 24.1. The Labute approximate surface area is 251 Å². The summed E-state index contributed by atoms with van der Waals surface area (Å²) in [5.74, 6) is -3.39. The van der Waals surface area contributed by atoms with Gasteiger partial charge in [0.05, 0.1) is 24.5 Å². The number of phenolic OH excluding ortho intramolecular Hbond substituents is 1. The Morgan fingerprint density at radius 2 is 1.60 bits per heavy atom. The van der Waals surface area contributed by atoms with Crippen LogP contribution in [0.5, 0.6) is 11.5 Å². The average molecular weight is 583 g/mol. The third-order valence-electron chi connectivity index (χ3n) is 10.0. The molecule has 224 valence electrons. The second kappa shape index (κ2) is 11.4. The number of para-hydroxylation sites is 1. The van der Waals surface area contributed by atoms with Crippen LogP contribution in [0.2, 0.25) is 0 Å². The molecule has 1 aliphatic carbocycles. The number of carbonyl (C=O) groups is 2. The summed E-state index contributed by atoms with van der Waals surface area (Å²) in [7, 11) is 0. The quantitative estimate of drug-likeness (QED) is 0.395. The second-order valence-electron chi connectivity index (χ2n) is 12.5. The van der Waals surface area contributed by atoms with Crippen molar-refractivity contribution < 1.29 is 29.3 Å². The first-order valence-electron chi connectivity index (χ1n) is 15.4. The smallest absolute Gasteiger partial charge is 0.233 e. The molecule has 8 heteroatoms. The molecule has 0 radical (unpaired) electrons. The summed E-state index contributed by atoms with van der Waals surface area (Å²) in [4.78, 5) is 32.1. The highest BCUT2D eigenvalue weighted by Crippen LogP contribution is 2.58. The summed E-state index contributed by atoms with van der Waals surface area (Å²) in [6.45, 7) is 2.64. The van der Waals surface area contributed by atoms with E-state index in [1.807, 2.05) is 54.6 Å². The van der Waals surface area contributed by atoms with Crippen LogP contribution in [0.4, 0.5) is 0 Å². The van der Waals surface area contributed by atoms with Gasteiger partial charge >= 0.3 is 0 Å². The van der Waals surface area contributed by atoms with E-state index in [2.05, 4.69) is 17.0 Å². The molecule has 0 bridgehead atoms. The van der Waals surface area contributed by atoms with Gasteiger partial charge in [0.25, 0.3) is 0 Å². The first-order chi connectivity index (χ1) is 20.9. The highest BCUT2D eigenvalue weighted by atomic mass is 16.6. The van der Waals surface area contributed by atoms with Crippen molar-refractivity contribution in [3.63, 3.8) is 0 Å². The predicted molar refractivity (Wildman–Crippen MR) is 159 cm³/mol. The lowest BCUT2D eigenvalue weighted by Crippen LogP contribution is -2.55. The molecule has 43 heavy (non-hydrogen) atoms. The van der Waals surface area contributed by atoms with Crippen molar-refractivity contribution >= 4 is 11.8 Å². The third kappa shape index (κ3) is 5.22. The zero-order valence-corrected chi connectivity index (χ0v) is 24.1. The van der Waals surface area contributed by atoms with Crippen LogP contribution in [0.3, 0.4) is 0 Å². The number of nitrogens with zero attached hydrogens (tertiary/aromatic N) is 2. The van der Waals surface area contributed by atoms with E-state index in [0.29, 0.717) is 18.6 Å². The topological polar surface area (TPSA) is 99.5 Å². The number of fused-ring (bicyclic) bond motifs is 3. The molecule has 4 fully saturated rings. The average Bonchev–Trinajstić information content (AvgIpc) is 3.51. The van der Waals surface area contributed by atoms with Crippen LogP contribution in [0.1, 0.15) is 42.9 Å². The Balaban J connectivity index is 1.12. The van der Waals surface area contributed by atoms with Gasteiger partial charge in [-0.2, -0.15) is 0 Å². The number of hydrogen-bond donors (Lipinski definition) is 2. The highest BCUT2D eigenvalue weighted by Gasteiger charge is 2.67. The van der Waals surface area contributed by atoms with Crippen LogP contribution >= 0.6 is 0 Å². The molecule has 4 aliphatic rings. The molecule has 3 saturated heterocycles. The molecular formula is C35H38N2O6. The number of benzene rings is 3. The minimum Gasteiger partial charge on any atom is -0.508 e. The molecule has 3 aromatic carbocycles. The van der Waals surface area contributed by atoms with Crippen molar-refractivity contribution in [3.05, 3.63) is 96.1 Å². The Morgan fingerprint density at radius 1 is 0.884 bits per heavy atom. The normalized spacial score (nSPS) is 31.2. The van der Waals surface area contributed by atoms with Crippen molar-refractivity contribution in [2.45, 2.75) is 50.2 Å². The van der Waals surface area contributed by atoms with E-state index in [0.717, 1.165) is 38.0 Å². The molecule has 3 heterocycles. The Morgan fingerprint density at radius 3 is 2.33 bits per heavy atom. The van der Waals surface area contributed by atoms with Crippen LogP contribution in [0, 0.1) is 23.7 Å². The molecule has 2 N–H and O–H groups in total. The highest BCUT2D eigenvalue weighted by molar-refractivity contribution is 6.06. The number of aliphatic hydroxyl groups is 1. The first-order valence-corrected chi connectivity index (χ1v) is 15.4. The molecule has 0 spiro atoms. The number of piperidine rings is 1. The van der Waals surface area contributed by atoms with Gasteiger partial charge in [0.2, 0.25) is 11.8 Å². The molecule has 2 amide bonds. The number of hydrogen-bond acceptors (Lipinski definition) is 7. The Bertz CT molecular complexity index is 1460.